The lowest BCUT2D eigenvalue weighted by molar-refractivity contribution is -0.118. The monoisotopic (exact) mass is 366 g/mol. The lowest BCUT2D eigenvalue weighted by Gasteiger charge is -2.14. The van der Waals surface area contributed by atoms with Gasteiger partial charge in [-0.15, -0.1) is 21.5 Å². The van der Waals surface area contributed by atoms with Gasteiger partial charge in [-0.25, -0.2) is 0 Å². The Hall–Kier alpha value is -1.38. The second-order valence-electron chi connectivity index (χ2n) is 5.67. The van der Waals surface area contributed by atoms with Crippen LogP contribution in [0.15, 0.2) is 22.7 Å². The van der Waals surface area contributed by atoms with Crippen molar-refractivity contribution in [3.63, 3.8) is 0 Å². The van der Waals surface area contributed by atoms with Gasteiger partial charge >= 0.3 is 0 Å². The average Bonchev–Trinajstić information content (AvgIpc) is 3.33. The molecule has 1 aliphatic heterocycles. The Balaban J connectivity index is 1.73. The average molecular weight is 367 g/mol. The van der Waals surface area contributed by atoms with Crippen LogP contribution >= 0.6 is 23.1 Å². The molecule has 24 heavy (non-hydrogen) atoms. The van der Waals surface area contributed by atoms with E-state index in [2.05, 4.69) is 20.1 Å². The van der Waals surface area contributed by atoms with Crippen LogP contribution in [0, 0.1) is 0 Å². The molecular weight excluding hydrogens is 344 g/mol. The third-order valence-corrected chi connectivity index (χ3v) is 5.61. The Labute approximate surface area is 150 Å². The fraction of sp³-hybridized carbons (Fsp3) is 0.562. The van der Waals surface area contributed by atoms with Crippen LogP contribution in [-0.4, -0.2) is 45.7 Å². The molecule has 0 saturated carbocycles. The van der Waals surface area contributed by atoms with Crippen molar-refractivity contribution in [2.24, 2.45) is 0 Å². The second-order valence-corrected chi connectivity index (χ2v) is 7.56. The Morgan fingerprint density at radius 3 is 3.17 bits per heavy atom. The second kappa shape index (κ2) is 8.64. The molecule has 0 aliphatic carbocycles. The minimum atomic E-state index is 0.0335. The highest BCUT2D eigenvalue weighted by atomic mass is 32.2. The van der Waals surface area contributed by atoms with E-state index in [4.69, 9.17) is 4.74 Å². The van der Waals surface area contributed by atoms with Gasteiger partial charge in [-0.3, -0.25) is 9.36 Å². The first kappa shape index (κ1) is 17.4. The van der Waals surface area contributed by atoms with Crippen molar-refractivity contribution in [1.29, 1.82) is 0 Å². The Bertz CT molecular complexity index is 651. The van der Waals surface area contributed by atoms with Crippen LogP contribution in [0.4, 0.5) is 0 Å². The molecule has 2 aromatic rings. The first-order valence-corrected chi connectivity index (χ1v) is 10.1. The summed E-state index contributed by atoms with van der Waals surface area (Å²) >= 11 is 3.08. The summed E-state index contributed by atoms with van der Waals surface area (Å²) in [6.07, 6.45) is 3.30. The topological polar surface area (TPSA) is 69.0 Å². The van der Waals surface area contributed by atoms with Crippen LogP contribution in [0.1, 0.15) is 26.2 Å². The van der Waals surface area contributed by atoms with E-state index in [-0.39, 0.29) is 12.0 Å². The fourth-order valence-electron chi connectivity index (χ4n) is 2.59. The summed E-state index contributed by atoms with van der Waals surface area (Å²) in [6.45, 7) is 4.31. The SMILES string of the molecule is CCCNC(=O)CSc1nnc(-c2cccs2)n1CC1CCCO1. The maximum atomic E-state index is 11.9. The highest BCUT2D eigenvalue weighted by molar-refractivity contribution is 7.99. The van der Waals surface area contributed by atoms with Gasteiger partial charge in [0.15, 0.2) is 11.0 Å². The number of ether oxygens (including phenoxy) is 1. The van der Waals surface area contributed by atoms with Crippen LogP contribution in [-0.2, 0) is 16.1 Å². The summed E-state index contributed by atoms with van der Waals surface area (Å²) in [4.78, 5) is 12.9. The van der Waals surface area contributed by atoms with Gasteiger partial charge < -0.3 is 10.1 Å². The predicted octanol–water partition coefficient (Wildman–Crippen LogP) is 2.80. The molecule has 8 heteroatoms. The molecular formula is C16H22N4O2S2. The maximum Gasteiger partial charge on any atom is 0.230 e. The number of carbonyl (C=O) groups is 1. The van der Waals surface area contributed by atoms with Crippen LogP contribution < -0.4 is 5.32 Å². The zero-order chi connectivity index (χ0) is 16.8. The largest absolute Gasteiger partial charge is 0.376 e. The maximum absolute atomic E-state index is 11.9. The van der Waals surface area contributed by atoms with Crippen LogP contribution in [0.3, 0.4) is 0 Å². The van der Waals surface area contributed by atoms with Crippen LogP contribution in [0.5, 0.6) is 0 Å². The number of amides is 1. The molecule has 1 unspecified atom stereocenters. The molecule has 0 bridgehead atoms. The lowest BCUT2D eigenvalue weighted by atomic mass is 10.2. The quantitative estimate of drug-likeness (QED) is 0.728. The number of carbonyl (C=O) groups excluding carboxylic acids is 1. The van der Waals surface area contributed by atoms with Gasteiger partial charge in [0.2, 0.25) is 5.91 Å². The number of aromatic nitrogens is 3. The molecule has 130 valence electrons. The van der Waals surface area contributed by atoms with E-state index in [0.717, 1.165) is 48.3 Å². The Kier molecular flexibility index (Phi) is 6.28. The Morgan fingerprint density at radius 2 is 2.46 bits per heavy atom. The van der Waals surface area contributed by atoms with Crippen molar-refractivity contribution in [1.82, 2.24) is 20.1 Å². The van der Waals surface area contributed by atoms with Crippen LogP contribution in [0.25, 0.3) is 10.7 Å². The molecule has 1 aliphatic rings. The zero-order valence-corrected chi connectivity index (χ0v) is 15.4. The third kappa shape index (κ3) is 4.37. The molecule has 0 radical (unpaired) electrons. The molecule has 1 fully saturated rings. The van der Waals surface area contributed by atoms with Gasteiger partial charge in [-0.2, -0.15) is 0 Å². The Morgan fingerprint density at radius 1 is 1.54 bits per heavy atom. The van der Waals surface area contributed by atoms with E-state index in [0.29, 0.717) is 12.3 Å². The zero-order valence-electron chi connectivity index (χ0n) is 13.7. The van der Waals surface area contributed by atoms with Crippen molar-refractivity contribution in [2.45, 2.75) is 44.0 Å². The van der Waals surface area contributed by atoms with Gasteiger partial charge in [0.1, 0.15) is 0 Å². The van der Waals surface area contributed by atoms with Gasteiger partial charge in [0.05, 0.1) is 23.3 Å². The molecule has 6 nitrogen and oxygen atoms in total. The first-order valence-electron chi connectivity index (χ1n) is 8.26. The van der Waals surface area contributed by atoms with E-state index in [1.807, 2.05) is 24.4 Å². The molecule has 3 rings (SSSR count). The van der Waals surface area contributed by atoms with E-state index >= 15 is 0 Å². The number of thioether (sulfide) groups is 1. The van der Waals surface area contributed by atoms with E-state index in [1.165, 1.54) is 11.8 Å². The highest BCUT2D eigenvalue weighted by Crippen LogP contribution is 2.28. The summed E-state index contributed by atoms with van der Waals surface area (Å²) in [5.41, 5.74) is 0. The van der Waals surface area contributed by atoms with E-state index in [1.54, 1.807) is 11.3 Å². The molecule has 0 aromatic carbocycles. The molecule has 3 heterocycles. The lowest BCUT2D eigenvalue weighted by Crippen LogP contribution is -2.26. The smallest absolute Gasteiger partial charge is 0.230 e. The predicted molar refractivity (Wildman–Crippen MR) is 96.3 cm³/mol. The molecule has 1 N–H and O–H groups in total. The van der Waals surface area contributed by atoms with Gasteiger partial charge in [0, 0.05) is 13.2 Å². The van der Waals surface area contributed by atoms with Gasteiger partial charge in [-0.05, 0) is 30.7 Å². The summed E-state index contributed by atoms with van der Waals surface area (Å²) in [5.74, 6) is 1.25. The van der Waals surface area contributed by atoms with Crippen molar-refractivity contribution >= 4 is 29.0 Å². The number of hydrogen-bond donors (Lipinski definition) is 1. The van der Waals surface area contributed by atoms with Crippen molar-refractivity contribution in [2.75, 3.05) is 18.9 Å². The minimum absolute atomic E-state index is 0.0335. The first-order chi connectivity index (χ1) is 11.8. The molecule has 1 amide bonds. The summed E-state index contributed by atoms with van der Waals surface area (Å²) in [5, 5.41) is 14.4. The van der Waals surface area contributed by atoms with E-state index in [9.17, 15) is 4.79 Å². The minimum Gasteiger partial charge on any atom is -0.376 e. The standard InChI is InChI=1S/C16H22N4O2S2/c1-2-7-17-14(21)11-24-16-19-18-15(13-6-4-9-23-13)20(16)10-12-5-3-8-22-12/h4,6,9,12H,2-3,5,7-8,10-11H2,1H3,(H,17,21). The van der Waals surface area contributed by atoms with Crippen molar-refractivity contribution in [3.05, 3.63) is 17.5 Å². The van der Waals surface area contributed by atoms with Gasteiger partial charge in [-0.1, -0.05) is 24.8 Å². The molecule has 2 aromatic heterocycles. The molecule has 1 saturated heterocycles. The fourth-order valence-corrected chi connectivity index (χ4v) is 4.08. The van der Waals surface area contributed by atoms with Crippen molar-refractivity contribution < 1.29 is 9.53 Å². The van der Waals surface area contributed by atoms with Crippen molar-refractivity contribution in [3.8, 4) is 10.7 Å². The van der Waals surface area contributed by atoms with E-state index < -0.39 is 0 Å². The normalized spacial score (nSPS) is 17.3. The number of rotatable bonds is 8. The molecule has 1 atom stereocenters. The van der Waals surface area contributed by atoms with Crippen LogP contribution in [0.2, 0.25) is 0 Å². The van der Waals surface area contributed by atoms with Gasteiger partial charge in [0.25, 0.3) is 0 Å². The summed E-state index contributed by atoms with van der Waals surface area (Å²) in [7, 11) is 0. The number of nitrogens with zero attached hydrogens (tertiary/aromatic N) is 3. The highest BCUT2D eigenvalue weighted by Gasteiger charge is 2.22. The molecule has 0 spiro atoms. The number of nitrogens with one attached hydrogen (secondary N) is 1. The summed E-state index contributed by atoms with van der Waals surface area (Å²) in [6, 6.07) is 4.05. The number of thiophene rings is 1. The third-order valence-electron chi connectivity index (χ3n) is 3.77. The summed E-state index contributed by atoms with van der Waals surface area (Å²) < 4.78 is 7.87. The number of hydrogen-bond acceptors (Lipinski definition) is 6.